The number of rotatable bonds is 2. The third-order valence-electron chi connectivity index (χ3n) is 5.76. The van der Waals surface area contributed by atoms with Crippen molar-refractivity contribution in [2.24, 2.45) is 17.8 Å². The minimum absolute atomic E-state index is 0.249. The lowest BCUT2D eigenvalue weighted by molar-refractivity contribution is -0.00724. The first-order chi connectivity index (χ1) is 9.68. The fourth-order valence-electron chi connectivity index (χ4n) is 5.39. The van der Waals surface area contributed by atoms with Gasteiger partial charge < -0.3 is 4.74 Å². The molecule has 1 aromatic heterocycles. The number of esters is 1. The summed E-state index contributed by atoms with van der Waals surface area (Å²) in [6, 6.07) is 3.74. The Kier molecular flexibility index (Phi) is 2.66. The van der Waals surface area contributed by atoms with Crippen LogP contribution in [-0.2, 0) is 10.2 Å². The van der Waals surface area contributed by atoms with Gasteiger partial charge in [0.15, 0.2) is 0 Å². The van der Waals surface area contributed by atoms with E-state index in [-0.39, 0.29) is 11.4 Å². The zero-order valence-electron chi connectivity index (χ0n) is 12.0. The summed E-state index contributed by atoms with van der Waals surface area (Å²) in [4.78, 5) is 16.4. The number of hydrogen-bond donors (Lipinski definition) is 0. The zero-order valence-corrected chi connectivity index (χ0v) is 12.0. The largest absolute Gasteiger partial charge is 0.465 e. The van der Waals surface area contributed by atoms with Crippen LogP contribution in [0, 0.1) is 17.8 Å². The van der Waals surface area contributed by atoms with Crippen LogP contribution in [0.3, 0.4) is 0 Å². The minimum Gasteiger partial charge on any atom is -0.465 e. The molecule has 0 radical (unpaired) electrons. The molecular formula is C17H21NO2. The molecule has 0 amide bonds. The third-order valence-corrected chi connectivity index (χ3v) is 5.76. The lowest BCUT2D eigenvalue weighted by Crippen LogP contribution is -2.49. The van der Waals surface area contributed by atoms with Crippen molar-refractivity contribution in [2.75, 3.05) is 7.11 Å². The Morgan fingerprint density at radius 3 is 2.35 bits per heavy atom. The van der Waals surface area contributed by atoms with Crippen LogP contribution in [0.2, 0.25) is 0 Å². The van der Waals surface area contributed by atoms with Gasteiger partial charge in [0.2, 0.25) is 0 Å². The standard InChI is InChI=1S/C17H21NO2/c1-20-16(19)14-2-3-18-15(7-14)17-8-11-4-12(9-17)6-13(5-11)10-17/h2-3,7,11-13H,4-6,8-10H2,1H3. The summed E-state index contributed by atoms with van der Waals surface area (Å²) in [6.45, 7) is 0. The maximum atomic E-state index is 11.7. The van der Waals surface area contributed by atoms with E-state index in [4.69, 9.17) is 4.74 Å². The second-order valence-electron chi connectivity index (χ2n) is 7.12. The van der Waals surface area contributed by atoms with E-state index < -0.39 is 0 Å². The number of ether oxygens (including phenoxy) is 1. The molecule has 0 atom stereocenters. The second kappa shape index (κ2) is 4.31. The molecule has 0 aliphatic heterocycles. The average Bonchev–Trinajstić information content (AvgIpc) is 2.45. The van der Waals surface area contributed by atoms with Gasteiger partial charge in [0, 0.05) is 17.3 Å². The molecule has 3 heteroatoms. The monoisotopic (exact) mass is 271 g/mol. The van der Waals surface area contributed by atoms with Gasteiger partial charge in [-0.2, -0.15) is 0 Å². The number of pyridine rings is 1. The van der Waals surface area contributed by atoms with Gasteiger partial charge in [-0.25, -0.2) is 4.79 Å². The van der Waals surface area contributed by atoms with Gasteiger partial charge in [0.25, 0.3) is 0 Å². The number of aromatic nitrogens is 1. The summed E-state index contributed by atoms with van der Waals surface area (Å²) < 4.78 is 4.84. The molecule has 4 saturated carbocycles. The Balaban J connectivity index is 1.72. The van der Waals surface area contributed by atoms with Gasteiger partial charge in [-0.3, -0.25) is 4.98 Å². The molecule has 0 saturated heterocycles. The molecule has 1 heterocycles. The van der Waals surface area contributed by atoms with Gasteiger partial charge >= 0.3 is 5.97 Å². The summed E-state index contributed by atoms with van der Waals surface area (Å²) in [7, 11) is 1.44. The fraction of sp³-hybridized carbons (Fsp3) is 0.647. The number of nitrogens with zero attached hydrogens (tertiary/aromatic N) is 1. The van der Waals surface area contributed by atoms with Crippen LogP contribution >= 0.6 is 0 Å². The Morgan fingerprint density at radius 1 is 1.20 bits per heavy atom. The number of hydrogen-bond acceptors (Lipinski definition) is 3. The third kappa shape index (κ3) is 1.79. The highest BCUT2D eigenvalue weighted by atomic mass is 16.5. The molecule has 5 rings (SSSR count). The molecule has 106 valence electrons. The zero-order chi connectivity index (χ0) is 13.7. The summed E-state index contributed by atoms with van der Waals surface area (Å²) in [5.41, 5.74) is 2.03. The van der Waals surface area contributed by atoms with Gasteiger partial charge in [-0.1, -0.05) is 0 Å². The van der Waals surface area contributed by atoms with E-state index in [1.807, 2.05) is 6.07 Å². The van der Waals surface area contributed by atoms with Crippen molar-refractivity contribution in [3.05, 3.63) is 29.6 Å². The molecule has 3 nitrogen and oxygen atoms in total. The van der Waals surface area contributed by atoms with Gasteiger partial charge in [0.1, 0.15) is 0 Å². The van der Waals surface area contributed by atoms with E-state index in [2.05, 4.69) is 4.98 Å². The Morgan fingerprint density at radius 2 is 1.80 bits per heavy atom. The van der Waals surface area contributed by atoms with E-state index in [1.165, 1.54) is 45.6 Å². The molecule has 0 spiro atoms. The van der Waals surface area contributed by atoms with Crippen molar-refractivity contribution < 1.29 is 9.53 Å². The Bertz CT molecular complexity index is 516. The molecular weight excluding hydrogens is 250 g/mol. The fourth-order valence-corrected chi connectivity index (χ4v) is 5.39. The number of carbonyl (C=O) groups excluding carboxylic acids is 1. The predicted molar refractivity (Wildman–Crippen MR) is 75.4 cm³/mol. The average molecular weight is 271 g/mol. The number of methoxy groups -OCH3 is 1. The van der Waals surface area contributed by atoms with Gasteiger partial charge in [-0.15, -0.1) is 0 Å². The molecule has 4 fully saturated rings. The van der Waals surface area contributed by atoms with Gasteiger partial charge in [-0.05, 0) is 68.4 Å². The van der Waals surface area contributed by atoms with E-state index in [1.54, 1.807) is 12.3 Å². The van der Waals surface area contributed by atoms with E-state index in [9.17, 15) is 4.79 Å². The first-order valence-electron chi connectivity index (χ1n) is 7.73. The Labute approximate surface area is 119 Å². The maximum absolute atomic E-state index is 11.7. The van der Waals surface area contributed by atoms with Crippen molar-refractivity contribution in [3.63, 3.8) is 0 Å². The van der Waals surface area contributed by atoms with Crippen LogP contribution in [-0.4, -0.2) is 18.1 Å². The Hall–Kier alpha value is -1.38. The summed E-state index contributed by atoms with van der Waals surface area (Å²) in [5, 5.41) is 0. The highest BCUT2D eigenvalue weighted by molar-refractivity contribution is 5.89. The first-order valence-corrected chi connectivity index (χ1v) is 7.73. The highest BCUT2D eigenvalue weighted by Gasteiger charge is 2.52. The lowest BCUT2D eigenvalue weighted by atomic mass is 9.48. The summed E-state index contributed by atoms with van der Waals surface area (Å²) >= 11 is 0. The van der Waals surface area contributed by atoms with Crippen molar-refractivity contribution >= 4 is 5.97 Å². The maximum Gasteiger partial charge on any atom is 0.337 e. The highest BCUT2D eigenvalue weighted by Crippen LogP contribution is 2.60. The molecule has 20 heavy (non-hydrogen) atoms. The van der Waals surface area contributed by atoms with Crippen LogP contribution in [0.15, 0.2) is 18.3 Å². The molecule has 0 aromatic carbocycles. The molecule has 0 N–H and O–H groups in total. The van der Waals surface area contributed by atoms with E-state index in [0.717, 1.165) is 23.4 Å². The quantitative estimate of drug-likeness (QED) is 0.774. The van der Waals surface area contributed by atoms with Crippen molar-refractivity contribution in [3.8, 4) is 0 Å². The first kappa shape index (κ1) is 12.4. The van der Waals surface area contributed by atoms with Crippen LogP contribution < -0.4 is 0 Å². The van der Waals surface area contributed by atoms with Crippen LogP contribution in [0.1, 0.15) is 54.6 Å². The van der Waals surface area contributed by atoms with Crippen molar-refractivity contribution in [1.29, 1.82) is 0 Å². The molecule has 4 aliphatic rings. The van der Waals surface area contributed by atoms with Crippen LogP contribution in [0.25, 0.3) is 0 Å². The second-order valence-corrected chi connectivity index (χ2v) is 7.12. The van der Waals surface area contributed by atoms with E-state index in [0.29, 0.717) is 5.56 Å². The van der Waals surface area contributed by atoms with Crippen LogP contribution in [0.5, 0.6) is 0 Å². The predicted octanol–water partition coefficient (Wildman–Crippen LogP) is 3.34. The van der Waals surface area contributed by atoms with Crippen LogP contribution in [0.4, 0.5) is 0 Å². The topological polar surface area (TPSA) is 39.2 Å². The summed E-state index contributed by atoms with van der Waals surface area (Å²) in [5.74, 6) is 2.43. The molecule has 0 unspecified atom stereocenters. The lowest BCUT2D eigenvalue weighted by Gasteiger charge is -2.56. The van der Waals surface area contributed by atoms with E-state index >= 15 is 0 Å². The number of carbonyl (C=O) groups is 1. The van der Waals surface area contributed by atoms with Crippen molar-refractivity contribution in [2.45, 2.75) is 43.9 Å². The SMILES string of the molecule is COC(=O)c1ccnc(C23CC4CC(CC(C4)C2)C3)c1. The van der Waals surface area contributed by atoms with Gasteiger partial charge in [0.05, 0.1) is 12.7 Å². The molecule has 4 aliphatic carbocycles. The molecule has 4 bridgehead atoms. The summed E-state index contributed by atoms with van der Waals surface area (Å²) in [6.07, 6.45) is 9.88. The van der Waals surface area contributed by atoms with Crippen molar-refractivity contribution in [1.82, 2.24) is 4.98 Å². The normalized spacial score (nSPS) is 38.0. The molecule has 1 aromatic rings. The smallest absolute Gasteiger partial charge is 0.337 e. The minimum atomic E-state index is -0.252.